The summed E-state index contributed by atoms with van der Waals surface area (Å²) in [6, 6.07) is 10.9. The first-order valence-corrected chi connectivity index (χ1v) is 6.99. The molecule has 2 rings (SSSR count). The fourth-order valence-corrected chi connectivity index (χ4v) is 2.19. The average Bonchev–Trinajstić information content (AvgIpc) is 2.46. The van der Waals surface area contributed by atoms with Gasteiger partial charge in [0.1, 0.15) is 0 Å². The van der Waals surface area contributed by atoms with Crippen molar-refractivity contribution in [2.24, 2.45) is 0 Å². The molecule has 0 atom stereocenters. The highest BCUT2D eigenvalue weighted by molar-refractivity contribution is 6.35. The van der Waals surface area contributed by atoms with E-state index in [2.05, 4.69) is 5.32 Å². The van der Waals surface area contributed by atoms with Gasteiger partial charge in [0.15, 0.2) is 0 Å². The number of carboxylic acid groups (broad SMARTS) is 1. The van der Waals surface area contributed by atoms with Crippen molar-refractivity contribution in [2.45, 2.75) is 0 Å². The molecule has 0 radical (unpaired) electrons. The zero-order chi connectivity index (χ0) is 16.1. The number of halogens is 2. The second-order valence-corrected chi connectivity index (χ2v) is 5.22. The molecule has 0 aliphatic heterocycles. The lowest BCUT2D eigenvalue weighted by molar-refractivity contribution is -0.111. The molecular formula is C16H11Cl2NO3. The Bertz CT molecular complexity index is 757. The minimum absolute atomic E-state index is 0.0996. The Kier molecular flexibility index (Phi) is 5.20. The summed E-state index contributed by atoms with van der Waals surface area (Å²) >= 11 is 11.8. The van der Waals surface area contributed by atoms with E-state index in [9.17, 15) is 9.59 Å². The largest absolute Gasteiger partial charge is 0.478 e. The van der Waals surface area contributed by atoms with Gasteiger partial charge in [-0.1, -0.05) is 35.3 Å². The molecule has 1 amide bonds. The van der Waals surface area contributed by atoms with E-state index in [0.29, 0.717) is 21.3 Å². The van der Waals surface area contributed by atoms with Gasteiger partial charge in [-0.2, -0.15) is 0 Å². The van der Waals surface area contributed by atoms with Crippen molar-refractivity contribution in [1.29, 1.82) is 0 Å². The second kappa shape index (κ2) is 7.11. The van der Waals surface area contributed by atoms with E-state index in [1.54, 1.807) is 36.4 Å². The number of aromatic carboxylic acids is 1. The number of rotatable bonds is 4. The molecule has 6 heteroatoms. The standard InChI is InChI=1S/C16H11Cl2NO3/c17-12-6-4-10(14(18)9-12)5-7-15(20)19-13-3-1-2-11(8-13)16(21)22/h1-9H,(H,19,20)(H,21,22)/b7-5+. The van der Waals surface area contributed by atoms with Crippen molar-refractivity contribution in [3.63, 3.8) is 0 Å². The lowest BCUT2D eigenvalue weighted by Crippen LogP contribution is -2.08. The van der Waals surface area contributed by atoms with Crippen LogP contribution in [0, 0.1) is 0 Å². The van der Waals surface area contributed by atoms with E-state index in [1.807, 2.05) is 0 Å². The van der Waals surface area contributed by atoms with Gasteiger partial charge in [0.05, 0.1) is 5.56 Å². The van der Waals surface area contributed by atoms with E-state index in [0.717, 1.165) is 0 Å². The topological polar surface area (TPSA) is 66.4 Å². The lowest BCUT2D eigenvalue weighted by Gasteiger charge is -2.03. The van der Waals surface area contributed by atoms with Crippen LogP contribution in [-0.4, -0.2) is 17.0 Å². The summed E-state index contributed by atoms with van der Waals surface area (Å²) in [4.78, 5) is 22.7. The quantitative estimate of drug-likeness (QED) is 0.816. The molecule has 0 aromatic heterocycles. The van der Waals surface area contributed by atoms with Crippen LogP contribution >= 0.6 is 23.2 Å². The van der Waals surface area contributed by atoms with Crippen molar-refractivity contribution in [3.8, 4) is 0 Å². The predicted octanol–water partition coefficient (Wildman–Crippen LogP) is 4.34. The summed E-state index contributed by atoms with van der Waals surface area (Å²) in [7, 11) is 0. The van der Waals surface area contributed by atoms with Gasteiger partial charge in [0, 0.05) is 21.8 Å². The first kappa shape index (κ1) is 16.1. The van der Waals surface area contributed by atoms with Crippen LogP contribution in [0.4, 0.5) is 5.69 Å². The summed E-state index contributed by atoms with van der Waals surface area (Å²) in [5, 5.41) is 12.4. The van der Waals surface area contributed by atoms with Crippen LogP contribution in [0.15, 0.2) is 48.5 Å². The fraction of sp³-hybridized carbons (Fsp3) is 0. The Balaban J connectivity index is 2.08. The van der Waals surface area contributed by atoms with Crippen molar-refractivity contribution in [1.82, 2.24) is 0 Å². The Labute approximate surface area is 137 Å². The zero-order valence-corrected chi connectivity index (χ0v) is 12.7. The van der Waals surface area contributed by atoms with Gasteiger partial charge in [0.25, 0.3) is 0 Å². The number of hydrogen-bond acceptors (Lipinski definition) is 2. The number of carboxylic acids is 1. The predicted molar refractivity (Wildman–Crippen MR) is 87.5 cm³/mol. The van der Waals surface area contributed by atoms with Gasteiger partial charge >= 0.3 is 5.97 Å². The molecule has 0 unspecified atom stereocenters. The van der Waals surface area contributed by atoms with E-state index < -0.39 is 11.9 Å². The number of carbonyl (C=O) groups is 2. The lowest BCUT2D eigenvalue weighted by atomic mass is 10.2. The smallest absolute Gasteiger partial charge is 0.335 e. The van der Waals surface area contributed by atoms with Crippen LogP contribution < -0.4 is 5.32 Å². The molecule has 0 aliphatic carbocycles. The third kappa shape index (κ3) is 4.35. The van der Waals surface area contributed by atoms with E-state index in [-0.39, 0.29) is 5.56 Å². The van der Waals surface area contributed by atoms with Gasteiger partial charge < -0.3 is 10.4 Å². The number of hydrogen-bond donors (Lipinski definition) is 2. The Morgan fingerprint density at radius 3 is 2.55 bits per heavy atom. The van der Waals surface area contributed by atoms with Crippen LogP contribution in [0.25, 0.3) is 6.08 Å². The van der Waals surface area contributed by atoms with Gasteiger partial charge in [-0.3, -0.25) is 4.79 Å². The summed E-state index contributed by atoms with van der Waals surface area (Å²) in [6.45, 7) is 0. The van der Waals surface area contributed by atoms with Crippen molar-refractivity contribution in [2.75, 3.05) is 5.32 Å². The Morgan fingerprint density at radius 1 is 1.09 bits per heavy atom. The fourth-order valence-electron chi connectivity index (χ4n) is 1.72. The molecule has 0 saturated heterocycles. The molecule has 0 heterocycles. The van der Waals surface area contributed by atoms with E-state index >= 15 is 0 Å². The normalized spacial score (nSPS) is 10.6. The first-order valence-electron chi connectivity index (χ1n) is 6.23. The molecular weight excluding hydrogens is 325 g/mol. The third-order valence-electron chi connectivity index (χ3n) is 2.75. The summed E-state index contributed by atoms with van der Waals surface area (Å²) in [5.74, 6) is -1.45. The molecule has 0 aliphatic rings. The molecule has 0 fully saturated rings. The maximum Gasteiger partial charge on any atom is 0.335 e. The van der Waals surface area contributed by atoms with Gasteiger partial charge in [-0.15, -0.1) is 0 Å². The molecule has 2 N–H and O–H groups in total. The number of benzene rings is 2. The van der Waals surface area contributed by atoms with Gasteiger partial charge in [0.2, 0.25) is 5.91 Å². The minimum atomic E-state index is -1.06. The van der Waals surface area contributed by atoms with Crippen molar-refractivity contribution in [3.05, 3.63) is 69.7 Å². The van der Waals surface area contributed by atoms with Crippen LogP contribution in [0.3, 0.4) is 0 Å². The number of anilines is 1. The number of carbonyl (C=O) groups excluding carboxylic acids is 1. The zero-order valence-electron chi connectivity index (χ0n) is 11.2. The minimum Gasteiger partial charge on any atom is -0.478 e. The highest BCUT2D eigenvalue weighted by Crippen LogP contribution is 2.22. The molecule has 0 spiro atoms. The van der Waals surface area contributed by atoms with Crippen LogP contribution in [0.5, 0.6) is 0 Å². The SMILES string of the molecule is O=C(/C=C/c1ccc(Cl)cc1Cl)Nc1cccc(C(=O)O)c1. The maximum atomic E-state index is 11.8. The monoisotopic (exact) mass is 335 g/mol. The van der Waals surface area contributed by atoms with Crippen molar-refractivity contribution < 1.29 is 14.7 Å². The molecule has 112 valence electrons. The van der Waals surface area contributed by atoms with Crippen molar-refractivity contribution >= 4 is 46.8 Å². The second-order valence-electron chi connectivity index (χ2n) is 4.37. The molecule has 0 saturated carbocycles. The molecule has 4 nitrogen and oxygen atoms in total. The molecule has 22 heavy (non-hydrogen) atoms. The Hall–Kier alpha value is -2.30. The molecule has 2 aromatic rings. The maximum absolute atomic E-state index is 11.8. The van der Waals surface area contributed by atoms with Gasteiger partial charge in [-0.25, -0.2) is 4.79 Å². The third-order valence-corrected chi connectivity index (χ3v) is 3.32. The van der Waals surface area contributed by atoms with Gasteiger partial charge in [-0.05, 0) is 42.0 Å². The average molecular weight is 336 g/mol. The number of amides is 1. The summed E-state index contributed by atoms with van der Waals surface area (Å²) < 4.78 is 0. The number of nitrogens with one attached hydrogen (secondary N) is 1. The first-order chi connectivity index (χ1) is 10.5. The summed E-state index contributed by atoms with van der Waals surface area (Å²) in [5.41, 5.74) is 1.15. The summed E-state index contributed by atoms with van der Waals surface area (Å²) in [6.07, 6.45) is 2.86. The molecule has 2 aromatic carbocycles. The van der Waals surface area contributed by atoms with Crippen LogP contribution in [-0.2, 0) is 4.79 Å². The Morgan fingerprint density at radius 2 is 1.86 bits per heavy atom. The highest BCUT2D eigenvalue weighted by atomic mass is 35.5. The van der Waals surface area contributed by atoms with Crippen LogP contribution in [0.1, 0.15) is 15.9 Å². The molecule has 0 bridgehead atoms. The van der Waals surface area contributed by atoms with E-state index in [4.69, 9.17) is 28.3 Å². The highest BCUT2D eigenvalue weighted by Gasteiger charge is 2.05. The van der Waals surface area contributed by atoms with Crippen LogP contribution in [0.2, 0.25) is 10.0 Å². The van der Waals surface area contributed by atoms with E-state index in [1.165, 1.54) is 18.2 Å².